The Morgan fingerprint density at radius 2 is 1.85 bits per heavy atom. The van der Waals surface area contributed by atoms with Crippen LogP contribution in [-0.2, 0) is 22.5 Å². The summed E-state index contributed by atoms with van der Waals surface area (Å²) in [6.45, 7) is 7.29. The van der Waals surface area contributed by atoms with E-state index in [9.17, 15) is 8.42 Å². The van der Waals surface area contributed by atoms with Crippen LogP contribution in [0.2, 0.25) is 0 Å². The van der Waals surface area contributed by atoms with Gasteiger partial charge in [-0.3, -0.25) is 4.68 Å². The molecule has 1 saturated heterocycles. The van der Waals surface area contributed by atoms with Crippen molar-refractivity contribution in [3.8, 4) is 0 Å². The molecule has 0 radical (unpaired) electrons. The minimum atomic E-state index is -3.49. The molecular formula is C18H23N5O2S. The molecule has 0 spiro atoms. The molecule has 4 rings (SSSR count). The Labute approximate surface area is 153 Å². The molecule has 1 aromatic carbocycles. The fourth-order valence-electron chi connectivity index (χ4n) is 3.40. The second kappa shape index (κ2) is 5.65. The first-order valence-electron chi connectivity index (χ1n) is 8.64. The number of para-hydroxylation sites is 2. The van der Waals surface area contributed by atoms with Crippen LogP contribution in [0.4, 0.5) is 0 Å². The van der Waals surface area contributed by atoms with Gasteiger partial charge in [-0.15, -0.1) is 0 Å². The largest absolute Gasteiger partial charge is 0.322 e. The fourth-order valence-corrected chi connectivity index (χ4v) is 4.90. The van der Waals surface area contributed by atoms with Crippen LogP contribution in [0.1, 0.15) is 32.6 Å². The van der Waals surface area contributed by atoms with E-state index in [4.69, 9.17) is 4.98 Å². The SMILES string of the molecule is Cn1cc(S(=O)(=O)N2CC(n3c(C(C)(C)C)nc4ccccc43)C2)cn1. The number of hydrogen-bond acceptors (Lipinski definition) is 4. The van der Waals surface area contributed by atoms with Crippen LogP contribution < -0.4 is 0 Å². The van der Waals surface area contributed by atoms with Crippen molar-refractivity contribution in [1.82, 2.24) is 23.6 Å². The van der Waals surface area contributed by atoms with E-state index in [2.05, 4.69) is 36.5 Å². The van der Waals surface area contributed by atoms with Gasteiger partial charge in [-0.25, -0.2) is 13.4 Å². The molecule has 1 fully saturated rings. The van der Waals surface area contributed by atoms with E-state index in [1.807, 2.05) is 18.2 Å². The number of benzene rings is 1. The van der Waals surface area contributed by atoms with Crippen molar-refractivity contribution in [2.75, 3.05) is 13.1 Å². The molecule has 7 nitrogen and oxygen atoms in total. The van der Waals surface area contributed by atoms with E-state index in [0.29, 0.717) is 13.1 Å². The second-order valence-electron chi connectivity index (χ2n) is 7.87. The molecule has 3 heterocycles. The Balaban J connectivity index is 1.67. The molecule has 0 aliphatic carbocycles. The van der Waals surface area contributed by atoms with Crippen LogP contribution >= 0.6 is 0 Å². The second-order valence-corrected chi connectivity index (χ2v) is 9.81. The predicted molar refractivity (Wildman–Crippen MR) is 99.4 cm³/mol. The number of sulfonamides is 1. The first-order valence-corrected chi connectivity index (χ1v) is 10.1. The summed E-state index contributed by atoms with van der Waals surface area (Å²) in [5.41, 5.74) is 1.88. The van der Waals surface area contributed by atoms with Gasteiger partial charge in [0.1, 0.15) is 10.7 Å². The lowest BCUT2D eigenvalue weighted by atomic mass is 9.95. The van der Waals surface area contributed by atoms with Gasteiger partial charge in [-0.2, -0.15) is 9.40 Å². The maximum atomic E-state index is 12.7. The summed E-state index contributed by atoms with van der Waals surface area (Å²) in [7, 11) is -1.78. The highest BCUT2D eigenvalue weighted by Gasteiger charge is 2.40. The minimum Gasteiger partial charge on any atom is -0.322 e. The van der Waals surface area contributed by atoms with Gasteiger partial charge in [0.25, 0.3) is 0 Å². The Morgan fingerprint density at radius 1 is 1.15 bits per heavy atom. The van der Waals surface area contributed by atoms with Gasteiger partial charge in [0, 0.05) is 31.7 Å². The highest BCUT2D eigenvalue weighted by Crippen LogP contribution is 2.35. The van der Waals surface area contributed by atoms with Crippen molar-refractivity contribution in [3.05, 3.63) is 42.5 Å². The fraction of sp³-hybridized carbons (Fsp3) is 0.444. The Bertz CT molecular complexity index is 1070. The molecule has 138 valence electrons. The van der Waals surface area contributed by atoms with Crippen molar-refractivity contribution in [3.63, 3.8) is 0 Å². The third-order valence-electron chi connectivity index (χ3n) is 4.78. The maximum Gasteiger partial charge on any atom is 0.246 e. The number of aromatic nitrogens is 4. The first kappa shape index (κ1) is 17.2. The molecule has 0 bridgehead atoms. The molecule has 3 aromatic rings. The van der Waals surface area contributed by atoms with Crippen LogP contribution in [0.3, 0.4) is 0 Å². The van der Waals surface area contributed by atoms with Gasteiger partial charge >= 0.3 is 0 Å². The van der Waals surface area contributed by atoms with Crippen LogP contribution in [-0.4, -0.2) is 45.1 Å². The highest BCUT2D eigenvalue weighted by atomic mass is 32.2. The summed E-state index contributed by atoms with van der Waals surface area (Å²) in [5.74, 6) is 0.988. The van der Waals surface area contributed by atoms with E-state index in [-0.39, 0.29) is 16.4 Å². The molecular weight excluding hydrogens is 350 g/mol. The van der Waals surface area contributed by atoms with Crippen LogP contribution in [0.5, 0.6) is 0 Å². The number of nitrogens with zero attached hydrogens (tertiary/aromatic N) is 5. The summed E-state index contributed by atoms with van der Waals surface area (Å²) < 4.78 is 30.7. The zero-order valence-electron chi connectivity index (χ0n) is 15.4. The number of rotatable bonds is 3. The molecule has 0 unspecified atom stereocenters. The van der Waals surface area contributed by atoms with E-state index in [1.54, 1.807) is 7.05 Å². The average Bonchev–Trinajstić information content (AvgIpc) is 3.10. The smallest absolute Gasteiger partial charge is 0.246 e. The van der Waals surface area contributed by atoms with Crippen LogP contribution in [0.25, 0.3) is 11.0 Å². The predicted octanol–water partition coefficient (Wildman–Crippen LogP) is 2.31. The van der Waals surface area contributed by atoms with Crippen LogP contribution in [0, 0.1) is 0 Å². The van der Waals surface area contributed by atoms with Gasteiger partial charge in [0.05, 0.1) is 23.3 Å². The highest BCUT2D eigenvalue weighted by molar-refractivity contribution is 7.89. The molecule has 0 atom stereocenters. The van der Waals surface area contributed by atoms with Crippen LogP contribution in [0.15, 0.2) is 41.6 Å². The molecule has 8 heteroatoms. The summed E-state index contributed by atoms with van der Waals surface area (Å²) >= 11 is 0. The zero-order valence-corrected chi connectivity index (χ0v) is 16.2. The number of fused-ring (bicyclic) bond motifs is 1. The van der Waals surface area contributed by atoms with Gasteiger partial charge < -0.3 is 4.57 Å². The van der Waals surface area contributed by atoms with Gasteiger partial charge in [-0.1, -0.05) is 32.9 Å². The molecule has 0 saturated carbocycles. The molecule has 1 aliphatic rings. The first-order chi connectivity index (χ1) is 12.2. The van der Waals surface area contributed by atoms with Gasteiger partial charge in [0.2, 0.25) is 10.0 Å². The van der Waals surface area contributed by atoms with E-state index in [1.165, 1.54) is 21.4 Å². The normalized spacial score (nSPS) is 16.9. The van der Waals surface area contributed by atoms with Gasteiger partial charge in [-0.05, 0) is 12.1 Å². The number of aryl methyl sites for hydroxylation is 1. The molecule has 26 heavy (non-hydrogen) atoms. The summed E-state index contributed by atoms with van der Waals surface area (Å²) in [6, 6.07) is 8.12. The molecule has 0 amide bonds. The zero-order chi connectivity index (χ0) is 18.7. The summed E-state index contributed by atoms with van der Waals surface area (Å²) in [5, 5.41) is 3.98. The topological polar surface area (TPSA) is 73.0 Å². The van der Waals surface area contributed by atoms with E-state index in [0.717, 1.165) is 16.9 Å². The van der Waals surface area contributed by atoms with Crippen molar-refractivity contribution in [1.29, 1.82) is 0 Å². The Hall–Kier alpha value is -2.19. The lowest BCUT2D eigenvalue weighted by molar-refractivity contribution is 0.200. The van der Waals surface area contributed by atoms with Gasteiger partial charge in [0.15, 0.2) is 0 Å². The Morgan fingerprint density at radius 3 is 2.46 bits per heavy atom. The lowest BCUT2D eigenvalue weighted by Gasteiger charge is -2.40. The monoisotopic (exact) mass is 373 g/mol. The van der Waals surface area contributed by atoms with Crippen molar-refractivity contribution in [2.45, 2.75) is 37.1 Å². The summed E-state index contributed by atoms with van der Waals surface area (Å²) in [6.07, 6.45) is 2.94. The van der Waals surface area contributed by atoms with E-state index >= 15 is 0 Å². The quantitative estimate of drug-likeness (QED) is 0.706. The lowest BCUT2D eigenvalue weighted by Crippen LogP contribution is -2.51. The molecule has 0 N–H and O–H groups in total. The number of hydrogen-bond donors (Lipinski definition) is 0. The van der Waals surface area contributed by atoms with E-state index < -0.39 is 10.0 Å². The third-order valence-corrected chi connectivity index (χ3v) is 6.56. The Kier molecular flexibility index (Phi) is 3.75. The third kappa shape index (κ3) is 2.64. The van der Waals surface area contributed by atoms with Crippen molar-refractivity contribution in [2.24, 2.45) is 7.05 Å². The maximum absolute atomic E-state index is 12.7. The van der Waals surface area contributed by atoms with Crippen molar-refractivity contribution < 1.29 is 8.42 Å². The minimum absolute atomic E-state index is 0.0862. The average molecular weight is 373 g/mol. The number of imidazole rings is 1. The summed E-state index contributed by atoms with van der Waals surface area (Å²) in [4.78, 5) is 5.06. The molecule has 2 aromatic heterocycles. The molecule has 1 aliphatic heterocycles. The van der Waals surface area contributed by atoms with Crippen molar-refractivity contribution >= 4 is 21.1 Å². The standard InChI is InChI=1S/C18H23N5O2S/c1-18(2,3)17-20-15-7-5-6-8-16(15)23(17)13-10-22(11-13)26(24,25)14-9-19-21(4)12-14/h5-9,12-13H,10-11H2,1-4H3.